The summed E-state index contributed by atoms with van der Waals surface area (Å²) in [5, 5.41) is 14.0. The number of nitrogens with zero attached hydrogens (tertiary/aromatic N) is 5. The van der Waals surface area contributed by atoms with E-state index in [1.54, 1.807) is 17.2 Å². The summed E-state index contributed by atoms with van der Waals surface area (Å²) in [4.78, 5) is 15.6. The van der Waals surface area contributed by atoms with Gasteiger partial charge >= 0.3 is 0 Å². The van der Waals surface area contributed by atoms with Crippen molar-refractivity contribution in [2.75, 3.05) is 5.32 Å². The third kappa shape index (κ3) is 4.83. The number of benzene rings is 1. The third-order valence-corrected chi connectivity index (χ3v) is 3.80. The molecule has 26 heavy (non-hydrogen) atoms. The van der Waals surface area contributed by atoms with Gasteiger partial charge < -0.3 is 5.32 Å². The topological polar surface area (TPSA) is 85.6 Å². The number of tetrazole rings is 1. The van der Waals surface area contributed by atoms with Gasteiger partial charge in [-0.25, -0.2) is 4.68 Å². The van der Waals surface area contributed by atoms with Crippen LogP contribution in [-0.4, -0.2) is 31.1 Å². The van der Waals surface area contributed by atoms with Crippen LogP contribution in [0, 0.1) is 0 Å². The van der Waals surface area contributed by atoms with Crippen LogP contribution >= 0.6 is 0 Å². The molecular formula is C19H20N6O. The zero-order valence-corrected chi connectivity index (χ0v) is 14.5. The lowest BCUT2D eigenvalue weighted by Gasteiger charge is -2.11. The number of amides is 1. The van der Waals surface area contributed by atoms with Crippen LogP contribution in [0.15, 0.2) is 61.2 Å². The molecule has 0 aliphatic rings. The summed E-state index contributed by atoms with van der Waals surface area (Å²) in [5.74, 6) is -0.0875. The standard InChI is InChI=1S/C19H20N6O/c1-15(26)22-18-8-4-6-16(12-18)19(17-7-5-10-20-13-17)9-2-3-11-25-14-21-23-24-25/h4-10,12-14H,2-3,11H2,1H3,(H,22,26). The van der Waals surface area contributed by atoms with Gasteiger partial charge in [0.2, 0.25) is 5.91 Å². The summed E-state index contributed by atoms with van der Waals surface area (Å²) < 4.78 is 1.72. The van der Waals surface area contributed by atoms with E-state index in [2.05, 4.69) is 31.9 Å². The predicted molar refractivity (Wildman–Crippen MR) is 99.1 cm³/mol. The normalized spacial score (nSPS) is 11.3. The van der Waals surface area contributed by atoms with E-state index in [-0.39, 0.29) is 5.91 Å². The van der Waals surface area contributed by atoms with Crippen LogP contribution < -0.4 is 5.32 Å². The fourth-order valence-electron chi connectivity index (χ4n) is 2.67. The molecular weight excluding hydrogens is 328 g/mol. The summed E-state index contributed by atoms with van der Waals surface area (Å²) in [5.41, 5.74) is 3.93. The molecule has 7 heteroatoms. The molecule has 0 saturated heterocycles. The van der Waals surface area contributed by atoms with E-state index in [9.17, 15) is 4.79 Å². The van der Waals surface area contributed by atoms with Gasteiger partial charge in [0.1, 0.15) is 6.33 Å². The molecule has 0 aliphatic heterocycles. The van der Waals surface area contributed by atoms with Gasteiger partial charge in [-0.15, -0.1) is 5.10 Å². The molecule has 2 aromatic heterocycles. The molecule has 0 unspecified atom stereocenters. The van der Waals surface area contributed by atoms with Gasteiger partial charge in [-0.3, -0.25) is 9.78 Å². The average Bonchev–Trinajstić information content (AvgIpc) is 3.15. The first-order valence-electron chi connectivity index (χ1n) is 8.42. The Balaban J connectivity index is 1.81. The van der Waals surface area contributed by atoms with Crippen molar-refractivity contribution in [3.63, 3.8) is 0 Å². The molecule has 3 rings (SSSR count). The fraction of sp³-hybridized carbons (Fsp3) is 0.211. The number of anilines is 1. The molecule has 2 heterocycles. The Labute approximate surface area is 151 Å². The number of carbonyl (C=O) groups excluding carboxylic acids is 1. The second kappa shape index (κ2) is 8.66. The number of hydrogen-bond donors (Lipinski definition) is 1. The van der Waals surface area contributed by atoms with E-state index in [1.165, 1.54) is 6.92 Å². The minimum atomic E-state index is -0.0875. The van der Waals surface area contributed by atoms with Crippen LogP contribution in [-0.2, 0) is 11.3 Å². The molecule has 0 bridgehead atoms. The minimum absolute atomic E-state index is 0.0875. The molecule has 7 nitrogen and oxygen atoms in total. The highest BCUT2D eigenvalue weighted by Crippen LogP contribution is 2.26. The van der Waals surface area contributed by atoms with Crippen LogP contribution in [0.25, 0.3) is 5.57 Å². The van der Waals surface area contributed by atoms with E-state index < -0.39 is 0 Å². The minimum Gasteiger partial charge on any atom is -0.326 e. The number of rotatable bonds is 7. The van der Waals surface area contributed by atoms with Gasteiger partial charge in [0.05, 0.1) is 0 Å². The molecule has 0 fully saturated rings. The maximum absolute atomic E-state index is 11.3. The number of aromatic nitrogens is 5. The maximum Gasteiger partial charge on any atom is 0.221 e. The molecule has 0 radical (unpaired) electrons. The van der Waals surface area contributed by atoms with Gasteiger partial charge in [0, 0.05) is 37.1 Å². The first-order chi connectivity index (χ1) is 12.7. The van der Waals surface area contributed by atoms with Crippen molar-refractivity contribution in [1.29, 1.82) is 0 Å². The first-order valence-corrected chi connectivity index (χ1v) is 8.42. The molecule has 1 N–H and O–H groups in total. The third-order valence-electron chi connectivity index (χ3n) is 3.80. The van der Waals surface area contributed by atoms with Crippen molar-refractivity contribution in [3.05, 3.63) is 72.3 Å². The van der Waals surface area contributed by atoms with E-state index in [0.29, 0.717) is 0 Å². The Morgan fingerprint density at radius 2 is 2.12 bits per heavy atom. The van der Waals surface area contributed by atoms with Gasteiger partial charge in [-0.1, -0.05) is 24.3 Å². The monoisotopic (exact) mass is 348 g/mol. The van der Waals surface area contributed by atoms with E-state index in [4.69, 9.17) is 0 Å². The summed E-state index contributed by atoms with van der Waals surface area (Å²) in [6.45, 7) is 2.26. The second-order valence-electron chi connectivity index (χ2n) is 5.84. The summed E-state index contributed by atoms with van der Waals surface area (Å²) in [6.07, 6.45) is 9.19. The quantitative estimate of drug-likeness (QED) is 0.664. The predicted octanol–water partition coefficient (Wildman–Crippen LogP) is 2.94. The SMILES string of the molecule is CC(=O)Nc1cccc(C(=CCCCn2cnnn2)c2cccnc2)c1. The zero-order chi connectivity index (χ0) is 18.2. The number of hydrogen-bond acceptors (Lipinski definition) is 5. The van der Waals surface area contributed by atoms with Gasteiger partial charge in [-0.2, -0.15) is 0 Å². The Morgan fingerprint density at radius 1 is 1.23 bits per heavy atom. The first kappa shape index (κ1) is 17.5. The smallest absolute Gasteiger partial charge is 0.221 e. The Hall–Kier alpha value is -3.35. The molecule has 1 amide bonds. The van der Waals surface area contributed by atoms with Gasteiger partial charge in [0.15, 0.2) is 0 Å². The molecule has 0 saturated carbocycles. The Bertz CT molecular complexity index is 874. The van der Waals surface area contributed by atoms with Crippen molar-refractivity contribution in [3.8, 4) is 0 Å². The number of carbonyl (C=O) groups is 1. The highest BCUT2D eigenvalue weighted by Gasteiger charge is 2.07. The summed E-state index contributed by atoms with van der Waals surface area (Å²) >= 11 is 0. The fourth-order valence-corrected chi connectivity index (χ4v) is 2.67. The Morgan fingerprint density at radius 3 is 2.85 bits per heavy atom. The van der Waals surface area contributed by atoms with Crippen LogP contribution in [0.5, 0.6) is 0 Å². The lowest BCUT2D eigenvalue weighted by molar-refractivity contribution is -0.114. The summed E-state index contributed by atoms with van der Waals surface area (Å²) in [6, 6.07) is 11.8. The highest BCUT2D eigenvalue weighted by molar-refractivity contribution is 5.90. The largest absolute Gasteiger partial charge is 0.326 e. The number of unbranched alkanes of at least 4 members (excludes halogenated alkanes) is 1. The van der Waals surface area contributed by atoms with Crippen LogP contribution in [0.3, 0.4) is 0 Å². The molecule has 0 aliphatic carbocycles. The van der Waals surface area contributed by atoms with Crippen molar-refractivity contribution >= 4 is 17.2 Å². The Kier molecular flexibility index (Phi) is 5.82. The van der Waals surface area contributed by atoms with Crippen molar-refractivity contribution in [2.24, 2.45) is 0 Å². The molecule has 0 atom stereocenters. The van der Waals surface area contributed by atoms with Gasteiger partial charge in [0.25, 0.3) is 0 Å². The van der Waals surface area contributed by atoms with Crippen LogP contribution in [0.1, 0.15) is 30.9 Å². The maximum atomic E-state index is 11.3. The van der Waals surface area contributed by atoms with Crippen LogP contribution in [0.4, 0.5) is 5.69 Å². The zero-order valence-electron chi connectivity index (χ0n) is 14.5. The molecule has 0 spiro atoms. The molecule has 132 valence electrons. The lowest BCUT2D eigenvalue weighted by atomic mass is 9.97. The number of nitrogens with one attached hydrogen (secondary N) is 1. The second-order valence-corrected chi connectivity index (χ2v) is 5.84. The van der Waals surface area contributed by atoms with Crippen molar-refractivity contribution < 1.29 is 4.79 Å². The molecule has 3 aromatic rings. The summed E-state index contributed by atoms with van der Waals surface area (Å²) in [7, 11) is 0. The number of pyridine rings is 1. The highest BCUT2D eigenvalue weighted by atomic mass is 16.1. The van der Waals surface area contributed by atoms with Crippen molar-refractivity contribution in [1.82, 2.24) is 25.2 Å². The van der Waals surface area contributed by atoms with Crippen molar-refractivity contribution in [2.45, 2.75) is 26.3 Å². The number of allylic oxidation sites excluding steroid dienone is 1. The van der Waals surface area contributed by atoms with Gasteiger partial charge in [-0.05, 0) is 52.6 Å². The average molecular weight is 348 g/mol. The molecule has 1 aromatic carbocycles. The lowest BCUT2D eigenvalue weighted by Crippen LogP contribution is -2.05. The van der Waals surface area contributed by atoms with E-state index in [1.807, 2.05) is 42.6 Å². The van der Waals surface area contributed by atoms with E-state index >= 15 is 0 Å². The van der Waals surface area contributed by atoms with E-state index in [0.717, 1.165) is 41.8 Å². The number of aryl methyl sites for hydroxylation is 1. The van der Waals surface area contributed by atoms with Crippen LogP contribution in [0.2, 0.25) is 0 Å².